The predicted molar refractivity (Wildman–Crippen MR) is 86.4 cm³/mol. The van der Waals surface area contributed by atoms with E-state index in [0.717, 1.165) is 6.26 Å². The Balaban J connectivity index is 2.95. The summed E-state index contributed by atoms with van der Waals surface area (Å²) in [6.07, 6.45) is 1.16. The van der Waals surface area contributed by atoms with Crippen molar-refractivity contribution >= 4 is 27.3 Å². The highest BCUT2D eigenvalue weighted by atomic mass is 32.2. The molecule has 1 aromatic rings. The van der Waals surface area contributed by atoms with Crippen molar-refractivity contribution in [3.8, 4) is 0 Å². The van der Waals surface area contributed by atoms with Gasteiger partial charge in [-0.15, -0.1) is 0 Å². The molecule has 7 heteroatoms. The Kier molecular flexibility index (Phi) is 6.55. The van der Waals surface area contributed by atoms with E-state index in [2.05, 4.69) is 5.32 Å². The van der Waals surface area contributed by atoms with Crippen molar-refractivity contribution in [1.82, 2.24) is 5.32 Å². The van der Waals surface area contributed by atoms with Gasteiger partial charge in [-0.05, 0) is 25.5 Å². The van der Waals surface area contributed by atoms with Gasteiger partial charge in [0, 0.05) is 25.4 Å². The van der Waals surface area contributed by atoms with E-state index < -0.39 is 15.9 Å². The lowest BCUT2D eigenvalue weighted by Gasteiger charge is -2.26. The van der Waals surface area contributed by atoms with Crippen LogP contribution in [0.2, 0.25) is 0 Å². The molecule has 1 atom stereocenters. The van der Waals surface area contributed by atoms with Gasteiger partial charge in [-0.25, -0.2) is 8.42 Å². The third-order valence-corrected chi connectivity index (χ3v) is 4.08. The Labute approximate surface area is 131 Å². The largest absolute Gasteiger partial charge is 0.344 e. The molecule has 0 aliphatic carbocycles. The minimum Gasteiger partial charge on any atom is -0.344 e. The zero-order chi connectivity index (χ0) is 16.8. The Morgan fingerprint density at radius 2 is 1.82 bits per heavy atom. The van der Waals surface area contributed by atoms with E-state index in [1.54, 1.807) is 12.1 Å². The molecule has 0 radical (unpaired) electrons. The second-order valence-electron chi connectivity index (χ2n) is 5.09. The first kappa shape index (κ1) is 18.2. The quantitative estimate of drug-likeness (QED) is 0.809. The maximum Gasteiger partial charge on any atom is 0.249 e. The zero-order valence-electron chi connectivity index (χ0n) is 13.1. The number of nitrogens with zero attached hydrogens (tertiary/aromatic N) is 1. The lowest BCUT2D eigenvalue weighted by molar-refractivity contribution is -0.126. The molecule has 0 heterocycles. The molecule has 0 saturated heterocycles. The van der Waals surface area contributed by atoms with E-state index in [1.807, 2.05) is 25.1 Å². The number of hydrogen-bond acceptors (Lipinski definition) is 4. The van der Waals surface area contributed by atoms with Gasteiger partial charge in [0.25, 0.3) is 0 Å². The first-order valence-corrected chi connectivity index (χ1v) is 9.12. The molecule has 0 fully saturated rings. The lowest BCUT2D eigenvalue weighted by atomic mass is 10.1. The fourth-order valence-electron chi connectivity index (χ4n) is 2.10. The van der Waals surface area contributed by atoms with Crippen LogP contribution in [0.25, 0.3) is 0 Å². The van der Waals surface area contributed by atoms with Gasteiger partial charge in [0.15, 0.2) is 0 Å². The summed E-state index contributed by atoms with van der Waals surface area (Å²) in [6, 6.07) is 8.21. The van der Waals surface area contributed by atoms with Gasteiger partial charge in [0.2, 0.25) is 11.8 Å². The average molecular weight is 326 g/mol. The van der Waals surface area contributed by atoms with Crippen LogP contribution < -0.4 is 10.2 Å². The van der Waals surface area contributed by atoms with Gasteiger partial charge in [-0.1, -0.05) is 18.2 Å². The molecule has 1 aromatic carbocycles. The Bertz CT molecular complexity index is 614. The lowest BCUT2D eigenvalue weighted by Crippen LogP contribution is -2.49. The standard InChI is InChI=1S/C15H22N2O4S/c1-4-17(13-8-6-5-7-9-13)15(19)14(16-12(2)18)10-11-22(3,20)21/h5-9,14H,4,10-11H2,1-3H3,(H,16,18). The number of benzene rings is 1. The van der Waals surface area contributed by atoms with Crippen LogP contribution >= 0.6 is 0 Å². The van der Waals surface area contributed by atoms with Crippen LogP contribution in [-0.2, 0) is 19.4 Å². The van der Waals surface area contributed by atoms with Crippen molar-refractivity contribution < 1.29 is 18.0 Å². The third-order valence-electron chi connectivity index (χ3n) is 3.10. The van der Waals surface area contributed by atoms with Gasteiger partial charge >= 0.3 is 0 Å². The molecule has 1 N–H and O–H groups in total. The molecule has 0 aliphatic rings. The van der Waals surface area contributed by atoms with E-state index in [-0.39, 0.29) is 24.0 Å². The van der Waals surface area contributed by atoms with Crippen LogP contribution in [0.1, 0.15) is 20.3 Å². The van der Waals surface area contributed by atoms with Crippen LogP contribution in [0, 0.1) is 0 Å². The van der Waals surface area contributed by atoms with E-state index in [9.17, 15) is 18.0 Å². The molecule has 0 aromatic heterocycles. The third kappa shape index (κ3) is 5.85. The number of carbonyl (C=O) groups is 2. The van der Waals surface area contributed by atoms with Gasteiger partial charge in [-0.2, -0.15) is 0 Å². The summed E-state index contributed by atoms with van der Waals surface area (Å²) in [4.78, 5) is 25.5. The highest BCUT2D eigenvalue weighted by Gasteiger charge is 2.26. The normalized spacial score (nSPS) is 12.5. The number of para-hydroxylation sites is 1. The summed E-state index contributed by atoms with van der Waals surface area (Å²) >= 11 is 0. The number of nitrogens with one attached hydrogen (secondary N) is 1. The van der Waals surface area contributed by atoms with Gasteiger partial charge in [-0.3, -0.25) is 9.59 Å². The number of hydrogen-bond donors (Lipinski definition) is 1. The van der Waals surface area contributed by atoms with E-state index >= 15 is 0 Å². The van der Waals surface area contributed by atoms with E-state index in [0.29, 0.717) is 12.2 Å². The van der Waals surface area contributed by atoms with Crippen LogP contribution in [-0.4, -0.2) is 44.8 Å². The summed E-state index contributed by atoms with van der Waals surface area (Å²) in [6.45, 7) is 3.56. The highest BCUT2D eigenvalue weighted by Crippen LogP contribution is 2.15. The Morgan fingerprint density at radius 1 is 1.23 bits per heavy atom. The van der Waals surface area contributed by atoms with Crippen molar-refractivity contribution in [1.29, 1.82) is 0 Å². The van der Waals surface area contributed by atoms with Gasteiger partial charge < -0.3 is 10.2 Å². The molecule has 6 nitrogen and oxygen atoms in total. The summed E-state index contributed by atoms with van der Waals surface area (Å²) < 4.78 is 22.6. The number of rotatable bonds is 7. The smallest absolute Gasteiger partial charge is 0.249 e. The zero-order valence-corrected chi connectivity index (χ0v) is 13.9. The molecule has 2 amide bonds. The van der Waals surface area contributed by atoms with Gasteiger partial charge in [0.05, 0.1) is 5.75 Å². The summed E-state index contributed by atoms with van der Waals surface area (Å²) in [7, 11) is -3.21. The van der Waals surface area contributed by atoms with Gasteiger partial charge in [0.1, 0.15) is 15.9 Å². The predicted octanol–water partition coefficient (Wildman–Crippen LogP) is 0.979. The van der Waals surface area contributed by atoms with Crippen molar-refractivity contribution in [3.05, 3.63) is 30.3 Å². The minimum absolute atomic E-state index is 0.0561. The topological polar surface area (TPSA) is 83.6 Å². The van der Waals surface area contributed by atoms with Crippen LogP contribution in [0.15, 0.2) is 30.3 Å². The maximum absolute atomic E-state index is 12.6. The molecule has 0 spiro atoms. The van der Waals surface area contributed by atoms with Crippen LogP contribution in [0.5, 0.6) is 0 Å². The van der Waals surface area contributed by atoms with E-state index in [4.69, 9.17) is 0 Å². The fraction of sp³-hybridized carbons (Fsp3) is 0.467. The molecule has 22 heavy (non-hydrogen) atoms. The van der Waals surface area contributed by atoms with Crippen molar-refractivity contribution in [2.45, 2.75) is 26.3 Å². The number of amides is 2. The number of carbonyl (C=O) groups excluding carboxylic acids is 2. The molecule has 0 aliphatic heterocycles. The SMILES string of the molecule is CCN(C(=O)C(CCS(C)(=O)=O)NC(C)=O)c1ccccc1. The number of likely N-dealkylation sites (N-methyl/N-ethyl adjacent to an activating group) is 1. The van der Waals surface area contributed by atoms with E-state index in [1.165, 1.54) is 11.8 Å². The first-order valence-electron chi connectivity index (χ1n) is 7.06. The second-order valence-corrected chi connectivity index (χ2v) is 7.35. The molecule has 1 unspecified atom stereocenters. The van der Waals surface area contributed by atoms with Crippen molar-refractivity contribution in [2.75, 3.05) is 23.5 Å². The molecule has 122 valence electrons. The average Bonchev–Trinajstić information content (AvgIpc) is 2.44. The molecule has 0 saturated carbocycles. The molecular weight excluding hydrogens is 304 g/mol. The monoisotopic (exact) mass is 326 g/mol. The van der Waals surface area contributed by atoms with Crippen molar-refractivity contribution in [2.24, 2.45) is 0 Å². The molecule has 0 bridgehead atoms. The Hall–Kier alpha value is -1.89. The summed E-state index contributed by atoms with van der Waals surface area (Å²) in [5, 5.41) is 2.54. The summed E-state index contributed by atoms with van der Waals surface area (Å²) in [5.41, 5.74) is 0.713. The number of anilines is 1. The van der Waals surface area contributed by atoms with Crippen LogP contribution in [0.4, 0.5) is 5.69 Å². The highest BCUT2D eigenvalue weighted by molar-refractivity contribution is 7.90. The first-order chi connectivity index (χ1) is 10.2. The molecular formula is C15H22N2O4S. The fourth-order valence-corrected chi connectivity index (χ4v) is 2.76. The minimum atomic E-state index is -3.21. The maximum atomic E-state index is 12.6. The molecule has 1 rings (SSSR count). The number of sulfone groups is 1. The second kappa shape index (κ2) is 7.93. The van der Waals surface area contributed by atoms with Crippen molar-refractivity contribution in [3.63, 3.8) is 0 Å². The summed E-state index contributed by atoms with van der Waals surface area (Å²) in [5.74, 6) is -0.834. The van der Waals surface area contributed by atoms with Crippen LogP contribution in [0.3, 0.4) is 0 Å². The Morgan fingerprint density at radius 3 is 2.27 bits per heavy atom.